The highest BCUT2D eigenvalue weighted by Crippen LogP contribution is 2.16. The molecule has 2 aromatic carbocycles. The molecular weight excluding hydrogens is 365 g/mol. The molecule has 1 aliphatic heterocycles. The summed E-state index contributed by atoms with van der Waals surface area (Å²) < 4.78 is 13.7. The van der Waals surface area contributed by atoms with Crippen LogP contribution in [0.2, 0.25) is 5.02 Å². The number of nitrogens with zero attached hydrogens (tertiary/aromatic N) is 2. The molecule has 0 bridgehead atoms. The molecule has 0 radical (unpaired) electrons. The molecule has 6 heteroatoms. The van der Waals surface area contributed by atoms with Gasteiger partial charge in [0.15, 0.2) is 0 Å². The lowest BCUT2D eigenvalue weighted by molar-refractivity contribution is 0.0948. The molecule has 1 amide bonds. The van der Waals surface area contributed by atoms with E-state index in [0.717, 1.165) is 45.6 Å². The molecule has 4 nitrogen and oxygen atoms in total. The highest BCUT2D eigenvalue weighted by molar-refractivity contribution is 6.31. The van der Waals surface area contributed by atoms with Gasteiger partial charge in [0.05, 0.1) is 5.56 Å². The van der Waals surface area contributed by atoms with Crippen molar-refractivity contribution in [2.45, 2.75) is 12.8 Å². The number of rotatable bonds is 7. The fraction of sp³-hybridized carbons (Fsp3) is 0.381. The molecule has 1 fully saturated rings. The summed E-state index contributed by atoms with van der Waals surface area (Å²) in [6.45, 7) is 5.73. The SMILES string of the molecule is O=C(NCCCCN1CCN(c2ccccc2)CC1)c1cc(Cl)ccc1F. The zero-order chi connectivity index (χ0) is 19.1. The lowest BCUT2D eigenvalue weighted by Gasteiger charge is -2.36. The Bertz CT molecular complexity index is 748. The van der Waals surface area contributed by atoms with E-state index < -0.39 is 11.7 Å². The minimum atomic E-state index is -0.548. The molecule has 1 aliphatic rings. The zero-order valence-electron chi connectivity index (χ0n) is 15.3. The molecule has 0 spiro atoms. The molecule has 27 heavy (non-hydrogen) atoms. The first-order valence-corrected chi connectivity index (χ1v) is 9.77. The first-order chi connectivity index (χ1) is 13.1. The van der Waals surface area contributed by atoms with Gasteiger partial charge in [0, 0.05) is 43.4 Å². The third kappa shape index (κ3) is 5.68. The molecule has 1 heterocycles. The maximum Gasteiger partial charge on any atom is 0.254 e. The van der Waals surface area contributed by atoms with Gasteiger partial charge in [0.1, 0.15) is 5.82 Å². The van der Waals surface area contributed by atoms with Crippen molar-refractivity contribution >= 4 is 23.2 Å². The number of carbonyl (C=O) groups is 1. The van der Waals surface area contributed by atoms with Crippen LogP contribution in [0.25, 0.3) is 0 Å². The Morgan fingerprint density at radius 1 is 1.04 bits per heavy atom. The quantitative estimate of drug-likeness (QED) is 0.731. The molecule has 0 aromatic heterocycles. The van der Waals surface area contributed by atoms with Crippen LogP contribution in [0.5, 0.6) is 0 Å². The number of hydrogen-bond acceptors (Lipinski definition) is 3. The van der Waals surface area contributed by atoms with Gasteiger partial charge >= 0.3 is 0 Å². The third-order valence-corrected chi connectivity index (χ3v) is 5.09. The summed E-state index contributed by atoms with van der Waals surface area (Å²) in [5.41, 5.74) is 1.28. The lowest BCUT2D eigenvalue weighted by atomic mass is 10.2. The van der Waals surface area contributed by atoms with Crippen LogP contribution in [0.15, 0.2) is 48.5 Å². The van der Waals surface area contributed by atoms with Crippen LogP contribution in [-0.4, -0.2) is 50.1 Å². The molecular formula is C21H25ClFN3O. The van der Waals surface area contributed by atoms with Gasteiger partial charge in [-0.25, -0.2) is 4.39 Å². The van der Waals surface area contributed by atoms with Crippen molar-refractivity contribution in [1.82, 2.24) is 10.2 Å². The van der Waals surface area contributed by atoms with Gasteiger partial charge in [-0.15, -0.1) is 0 Å². The topological polar surface area (TPSA) is 35.6 Å². The molecule has 144 valence electrons. The second-order valence-corrected chi connectivity index (χ2v) is 7.19. The van der Waals surface area contributed by atoms with E-state index in [9.17, 15) is 9.18 Å². The number of unbranched alkanes of at least 4 members (excludes halogenated alkanes) is 1. The summed E-state index contributed by atoms with van der Waals surface area (Å²) in [6, 6.07) is 14.5. The normalized spacial score (nSPS) is 15.0. The van der Waals surface area contributed by atoms with Crippen LogP contribution >= 0.6 is 11.6 Å². The first kappa shape index (κ1) is 19.6. The van der Waals surface area contributed by atoms with E-state index >= 15 is 0 Å². The Kier molecular flexibility index (Phi) is 7.07. The number of carbonyl (C=O) groups excluding carboxylic acids is 1. The number of nitrogens with one attached hydrogen (secondary N) is 1. The lowest BCUT2D eigenvalue weighted by Crippen LogP contribution is -2.46. The van der Waals surface area contributed by atoms with Crippen molar-refractivity contribution in [1.29, 1.82) is 0 Å². The predicted molar refractivity (Wildman–Crippen MR) is 108 cm³/mol. The summed E-state index contributed by atoms with van der Waals surface area (Å²) >= 11 is 5.82. The van der Waals surface area contributed by atoms with Crippen molar-refractivity contribution in [2.75, 3.05) is 44.2 Å². The Morgan fingerprint density at radius 2 is 1.78 bits per heavy atom. The fourth-order valence-corrected chi connectivity index (χ4v) is 3.47. The van der Waals surface area contributed by atoms with E-state index in [-0.39, 0.29) is 5.56 Å². The summed E-state index contributed by atoms with van der Waals surface area (Å²) in [7, 11) is 0. The van der Waals surface area contributed by atoms with Crippen molar-refractivity contribution in [3.8, 4) is 0 Å². The van der Waals surface area contributed by atoms with Crippen molar-refractivity contribution in [3.05, 3.63) is 64.9 Å². The van der Waals surface area contributed by atoms with Crippen LogP contribution in [0, 0.1) is 5.82 Å². The second-order valence-electron chi connectivity index (χ2n) is 6.75. The minimum absolute atomic E-state index is 0.000432. The number of anilines is 1. The monoisotopic (exact) mass is 389 g/mol. The summed E-state index contributed by atoms with van der Waals surface area (Å²) in [6.07, 6.45) is 1.87. The molecule has 1 saturated heterocycles. The Labute approximate surface area is 164 Å². The average molecular weight is 390 g/mol. The minimum Gasteiger partial charge on any atom is -0.369 e. The summed E-state index contributed by atoms with van der Waals surface area (Å²) in [4.78, 5) is 16.9. The molecule has 0 saturated carbocycles. The van der Waals surface area contributed by atoms with E-state index in [1.807, 2.05) is 6.07 Å². The second kappa shape index (κ2) is 9.72. The molecule has 0 aliphatic carbocycles. The van der Waals surface area contributed by atoms with E-state index in [2.05, 4.69) is 39.4 Å². The predicted octanol–water partition coefficient (Wildman–Crippen LogP) is 3.81. The number of amides is 1. The summed E-state index contributed by atoms with van der Waals surface area (Å²) in [5.74, 6) is -0.959. The van der Waals surface area contributed by atoms with Gasteiger partial charge in [-0.3, -0.25) is 9.69 Å². The van der Waals surface area contributed by atoms with Gasteiger partial charge in [-0.2, -0.15) is 0 Å². The van der Waals surface area contributed by atoms with Crippen molar-refractivity contribution in [2.24, 2.45) is 0 Å². The number of halogens is 2. The first-order valence-electron chi connectivity index (χ1n) is 9.39. The van der Waals surface area contributed by atoms with Crippen molar-refractivity contribution < 1.29 is 9.18 Å². The Balaban J connectivity index is 1.32. The molecule has 2 aromatic rings. The van der Waals surface area contributed by atoms with Gasteiger partial charge in [-0.1, -0.05) is 29.8 Å². The van der Waals surface area contributed by atoms with E-state index in [4.69, 9.17) is 11.6 Å². The smallest absolute Gasteiger partial charge is 0.254 e. The number of para-hydroxylation sites is 1. The van der Waals surface area contributed by atoms with E-state index in [1.54, 1.807) is 0 Å². The molecule has 0 atom stereocenters. The van der Waals surface area contributed by atoms with Gasteiger partial charge in [-0.05, 0) is 49.7 Å². The maximum atomic E-state index is 13.7. The number of piperazine rings is 1. The zero-order valence-corrected chi connectivity index (χ0v) is 16.1. The average Bonchev–Trinajstić information content (AvgIpc) is 2.70. The molecule has 3 rings (SSSR count). The number of benzene rings is 2. The van der Waals surface area contributed by atoms with Crippen molar-refractivity contribution in [3.63, 3.8) is 0 Å². The van der Waals surface area contributed by atoms with E-state index in [0.29, 0.717) is 11.6 Å². The van der Waals surface area contributed by atoms with Crippen LogP contribution in [0.4, 0.5) is 10.1 Å². The van der Waals surface area contributed by atoms with Crippen LogP contribution in [0.1, 0.15) is 23.2 Å². The highest BCUT2D eigenvalue weighted by atomic mass is 35.5. The Morgan fingerprint density at radius 3 is 2.52 bits per heavy atom. The van der Waals surface area contributed by atoms with E-state index in [1.165, 1.54) is 23.9 Å². The Hall–Kier alpha value is -2.11. The van der Waals surface area contributed by atoms with Crippen LogP contribution in [-0.2, 0) is 0 Å². The molecule has 0 unspecified atom stereocenters. The third-order valence-electron chi connectivity index (χ3n) is 4.85. The summed E-state index contributed by atoms with van der Waals surface area (Å²) in [5, 5.41) is 3.13. The highest BCUT2D eigenvalue weighted by Gasteiger charge is 2.16. The largest absolute Gasteiger partial charge is 0.369 e. The van der Waals surface area contributed by atoms with Crippen LogP contribution in [0.3, 0.4) is 0 Å². The fourth-order valence-electron chi connectivity index (χ4n) is 3.30. The van der Waals surface area contributed by atoms with Gasteiger partial charge < -0.3 is 10.2 Å². The molecule has 1 N–H and O–H groups in total. The van der Waals surface area contributed by atoms with Crippen LogP contribution < -0.4 is 10.2 Å². The van der Waals surface area contributed by atoms with Gasteiger partial charge in [0.25, 0.3) is 5.91 Å². The maximum absolute atomic E-state index is 13.7. The van der Waals surface area contributed by atoms with Gasteiger partial charge in [0.2, 0.25) is 0 Å². The number of hydrogen-bond donors (Lipinski definition) is 1. The standard InChI is InChI=1S/C21H25ClFN3O/c22-17-8-9-20(23)19(16-17)21(27)24-10-4-5-11-25-12-14-26(15-13-25)18-6-2-1-3-7-18/h1-3,6-9,16H,4-5,10-15H2,(H,24,27).